The van der Waals surface area contributed by atoms with Crippen LogP contribution in [0.1, 0.15) is 13.3 Å². The molecular weight excluding hydrogens is 353 g/mol. The first-order chi connectivity index (χ1) is 9.02. The number of likely N-dealkylation sites (tertiary alicyclic amines) is 1. The summed E-state index contributed by atoms with van der Waals surface area (Å²) in [6, 6.07) is 7.80. The summed E-state index contributed by atoms with van der Waals surface area (Å²) < 4.78 is 1.06. The number of hydrogen-bond acceptors (Lipinski definition) is 3. The molecule has 1 heterocycles. The first-order valence-electron chi connectivity index (χ1n) is 6.49. The third kappa shape index (κ3) is 3.90. The summed E-state index contributed by atoms with van der Waals surface area (Å²) in [7, 11) is 0. The number of nitrogens with one attached hydrogen (secondary N) is 1. The topological polar surface area (TPSA) is 58.4 Å². The van der Waals surface area contributed by atoms with Crippen molar-refractivity contribution in [1.29, 1.82) is 0 Å². The van der Waals surface area contributed by atoms with Gasteiger partial charge in [-0.05, 0) is 59.6 Å². The van der Waals surface area contributed by atoms with Crippen LogP contribution >= 0.6 is 22.6 Å². The van der Waals surface area contributed by atoms with E-state index >= 15 is 0 Å². The number of amides is 1. The number of carbonyl (C=O) groups is 1. The molecule has 1 aliphatic rings. The summed E-state index contributed by atoms with van der Waals surface area (Å²) in [6.45, 7) is 5.17. The summed E-state index contributed by atoms with van der Waals surface area (Å²) in [5, 5.41) is 2.96. The highest BCUT2D eigenvalue weighted by molar-refractivity contribution is 14.1. The molecule has 1 aromatic rings. The number of halogens is 1. The molecule has 1 unspecified atom stereocenters. The minimum atomic E-state index is 0.0467. The van der Waals surface area contributed by atoms with Crippen molar-refractivity contribution in [3.8, 4) is 0 Å². The van der Waals surface area contributed by atoms with E-state index in [1.165, 1.54) is 0 Å². The van der Waals surface area contributed by atoms with Crippen LogP contribution in [0.15, 0.2) is 24.3 Å². The number of rotatable bonds is 4. The van der Waals surface area contributed by atoms with Crippen LogP contribution in [0.25, 0.3) is 0 Å². The summed E-state index contributed by atoms with van der Waals surface area (Å²) in [6.07, 6.45) is 1.07. The van der Waals surface area contributed by atoms with Gasteiger partial charge in [0.2, 0.25) is 5.91 Å². The zero-order chi connectivity index (χ0) is 13.9. The van der Waals surface area contributed by atoms with Crippen molar-refractivity contribution in [2.24, 2.45) is 11.1 Å². The van der Waals surface area contributed by atoms with E-state index in [0.29, 0.717) is 13.1 Å². The van der Waals surface area contributed by atoms with Crippen molar-refractivity contribution in [2.75, 3.05) is 31.5 Å². The first kappa shape index (κ1) is 14.7. The van der Waals surface area contributed by atoms with Crippen LogP contribution in [0.3, 0.4) is 0 Å². The van der Waals surface area contributed by atoms with E-state index in [0.717, 1.165) is 28.8 Å². The van der Waals surface area contributed by atoms with Gasteiger partial charge >= 0.3 is 0 Å². The smallest absolute Gasteiger partial charge is 0.238 e. The van der Waals surface area contributed by atoms with Crippen molar-refractivity contribution < 1.29 is 4.79 Å². The van der Waals surface area contributed by atoms with Crippen molar-refractivity contribution in [2.45, 2.75) is 13.3 Å². The minimum absolute atomic E-state index is 0.0467. The van der Waals surface area contributed by atoms with E-state index in [2.05, 4.69) is 39.7 Å². The van der Waals surface area contributed by atoms with Crippen LogP contribution in [0, 0.1) is 8.99 Å². The molecule has 1 atom stereocenters. The maximum absolute atomic E-state index is 12.0. The second kappa shape index (κ2) is 6.19. The number of benzene rings is 1. The molecular formula is C14H20IN3O. The molecule has 0 bridgehead atoms. The lowest BCUT2D eigenvalue weighted by Gasteiger charge is -2.22. The van der Waals surface area contributed by atoms with Gasteiger partial charge in [0, 0.05) is 10.1 Å². The fourth-order valence-corrected chi connectivity index (χ4v) is 2.91. The lowest BCUT2D eigenvalue weighted by molar-refractivity contribution is -0.117. The molecule has 4 nitrogen and oxygen atoms in total. The molecule has 104 valence electrons. The van der Waals surface area contributed by atoms with Gasteiger partial charge in [-0.25, -0.2) is 0 Å². The van der Waals surface area contributed by atoms with Gasteiger partial charge in [0.1, 0.15) is 0 Å². The highest BCUT2D eigenvalue weighted by atomic mass is 127. The zero-order valence-electron chi connectivity index (χ0n) is 11.2. The van der Waals surface area contributed by atoms with Gasteiger partial charge in [-0.1, -0.05) is 19.1 Å². The number of nitrogens with two attached hydrogens (primary N) is 1. The molecule has 2 rings (SSSR count). The summed E-state index contributed by atoms with van der Waals surface area (Å²) >= 11 is 2.22. The van der Waals surface area contributed by atoms with E-state index in [4.69, 9.17) is 5.73 Å². The van der Waals surface area contributed by atoms with Crippen LogP contribution in [0.4, 0.5) is 5.69 Å². The summed E-state index contributed by atoms with van der Waals surface area (Å²) in [5.41, 5.74) is 6.83. The molecule has 1 fully saturated rings. The zero-order valence-corrected chi connectivity index (χ0v) is 13.3. The quantitative estimate of drug-likeness (QED) is 0.793. The van der Waals surface area contributed by atoms with Gasteiger partial charge in [0.15, 0.2) is 0 Å². The van der Waals surface area contributed by atoms with E-state index in [1.54, 1.807) is 0 Å². The van der Waals surface area contributed by atoms with Gasteiger partial charge in [0.05, 0.1) is 12.2 Å². The number of hydrogen-bond donors (Lipinski definition) is 2. The van der Waals surface area contributed by atoms with Gasteiger partial charge in [0.25, 0.3) is 0 Å². The summed E-state index contributed by atoms with van der Waals surface area (Å²) in [5.74, 6) is 0.0467. The van der Waals surface area contributed by atoms with Crippen LogP contribution in [-0.2, 0) is 4.79 Å². The Bertz CT molecular complexity index is 466. The average molecular weight is 373 g/mol. The fourth-order valence-electron chi connectivity index (χ4n) is 2.38. The molecule has 0 radical (unpaired) electrons. The minimum Gasteiger partial charge on any atom is -0.330 e. The molecule has 3 N–H and O–H groups in total. The molecule has 1 aliphatic heterocycles. The Morgan fingerprint density at radius 3 is 2.89 bits per heavy atom. The molecule has 0 saturated carbocycles. The predicted octanol–water partition coefficient (Wildman–Crippen LogP) is 1.90. The number of carbonyl (C=O) groups excluding carboxylic acids is 1. The normalized spacial score (nSPS) is 23.5. The van der Waals surface area contributed by atoms with Crippen LogP contribution in [-0.4, -0.2) is 37.0 Å². The van der Waals surface area contributed by atoms with Crippen LogP contribution in [0.2, 0.25) is 0 Å². The van der Waals surface area contributed by atoms with Crippen LogP contribution < -0.4 is 11.1 Å². The summed E-state index contributed by atoms with van der Waals surface area (Å²) in [4.78, 5) is 14.2. The molecule has 0 spiro atoms. The largest absolute Gasteiger partial charge is 0.330 e. The van der Waals surface area contributed by atoms with Gasteiger partial charge in [-0.2, -0.15) is 0 Å². The molecule has 5 heteroatoms. The number of para-hydroxylation sites is 1. The Balaban J connectivity index is 1.88. The third-order valence-electron chi connectivity index (χ3n) is 3.64. The van der Waals surface area contributed by atoms with E-state index in [1.807, 2.05) is 24.3 Å². The monoisotopic (exact) mass is 373 g/mol. The van der Waals surface area contributed by atoms with E-state index in [-0.39, 0.29) is 11.3 Å². The highest BCUT2D eigenvalue weighted by Gasteiger charge is 2.33. The highest BCUT2D eigenvalue weighted by Crippen LogP contribution is 2.28. The predicted molar refractivity (Wildman–Crippen MR) is 86.0 cm³/mol. The maximum Gasteiger partial charge on any atom is 0.238 e. The van der Waals surface area contributed by atoms with Crippen molar-refractivity contribution in [3.63, 3.8) is 0 Å². The second-order valence-corrected chi connectivity index (χ2v) is 6.67. The van der Waals surface area contributed by atoms with Gasteiger partial charge < -0.3 is 11.1 Å². The Labute approximate surface area is 127 Å². The maximum atomic E-state index is 12.0. The first-order valence-corrected chi connectivity index (χ1v) is 7.57. The number of nitrogens with zero attached hydrogens (tertiary/aromatic N) is 1. The molecule has 0 aromatic heterocycles. The number of anilines is 1. The van der Waals surface area contributed by atoms with E-state index < -0.39 is 0 Å². The SMILES string of the molecule is CC1(CN)CCN(CC(=O)Nc2ccccc2I)C1. The van der Waals surface area contributed by atoms with Crippen molar-refractivity contribution in [3.05, 3.63) is 27.8 Å². The molecule has 1 amide bonds. The molecule has 19 heavy (non-hydrogen) atoms. The third-order valence-corrected chi connectivity index (χ3v) is 4.59. The Hall–Kier alpha value is -0.660. The van der Waals surface area contributed by atoms with Gasteiger partial charge in [-0.3, -0.25) is 9.69 Å². The second-order valence-electron chi connectivity index (χ2n) is 5.50. The molecule has 0 aliphatic carbocycles. The Morgan fingerprint density at radius 2 is 2.26 bits per heavy atom. The van der Waals surface area contributed by atoms with E-state index in [9.17, 15) is 4.79 Å². The van der Waals surface area contributed by atoms with Gasteiger partial charge in [-0.15, -0.1) is 0 Å². The lowest BCUT2D eigenvalue weighted by atomic mass is 9.90. The van der Waals surface area contributed by atoms with Crippen molar-refractivity contribution in [1.82, 2.24) is 4.90 Å². The average Bonchev–Trinajstić information content (AvgIpc) is 2.74. The molecule has 1 aromatic carbocycles. The fraction of sp³-hybridized carbons (Fsp3) is 0.500. The Kier molecular flexibility index (Phi) is 4.81. The Morgan fingerprint density at radius 1 is 1.53 bits per heavy atom. The standard InChI is InChI=1S/C14H20IN3O/c1-14(9-16)6-7-18(10-14)8-13(19)17-12-5-3-2-4-11(12)15/h2-5H,6-10,16H2,1H3,(H,17,19). The van der Waals surface area contributed by atoms with Crippen LogP contribution in [0.5, 0.6) is 0 Å². The van der Waals surface area contributed by atoms with Crippen molar-refractivity contribution >= 4 is 34.2 Å². The molecule has 1 saturated heterocycles. The lowest BCUT2D eigenvalue weighted by Crippen LogP contribution is -2.35.